The van der Waals surface area contributed by atoms with E-state index >= 15 is 0 Å². The second-order valence-electron chi connectivity index (χ2n) is 5.29. The van der Waals surface area contributed by atoms with Gasteiger partial charge in [0.2, 0.25) is 0 Å². The van der Waals surface area contributed by atoms with Gasteiger partial charge in [-0.15, -0.1) is 0 Å². The minimum atomic E-state index is -3.48. The van der Waals surface area contributed by atoms with Gasteiger partial charge < -0.3 is 4.74 Å². The second-order valence-corrected chi connectivity index (χ2v) is 7.17. The van der Waals surface area contributed by atoms with E-state index in [0.717, 1.165) is 13.2 Å². The minimum absolute atomic E-state index is 0.122. The number of likely N-dealkylation sites (N-methyl/N-ethyl adjacent to an activating group) is 1. The van der Waals surface area contributed by atoms with Gasteiger partial charge in [0.15, 0.2) is 5.03 Å². The van der Waals surface area contributed by atoms with Crippen molar-refractivity contribution in [3.05, 3.63) is 24.4 Å². The molecule has 0 aliphatic carbocycles. The lowest BCUT2D eigenvalue weighted by Crippen LogP contribution is -2.52. The Morgan fingerprint density at radius 1 is 1.25 bits per heavy atom. The normalized spacial score (nSPS) is 24.2. The highest BCUT2D eigenvalue weighted by Gasteiger charge is 2.44. The Bertz CT molecular complexity index is 568. The minimum Gasteiger partial charge on any atom is -0.359 e. The summed E-state index contributed by atoms with van der Waals surface area (Å²) >= 11 is 0. The van der Waals surface area contributed by atoms with Crippen molar-refractivity contribution in [1.82, 2.24) is 14.2 Å². The first kappa shape index (κ1) is 13.9. The zero-order valence-corrected chi connectivity index (χ0v) is 12.3. The second kappa shape index (κ2) is 5.07. The van der Waals surface area contributed by atoms with Gasteiger partial charge in [0.25, 0.3) is 10.0 Å². The molecule has 2 saturated heterocycles. The van der Waals surface area contributed by atoms with Crippen LogP contribution in [-0.2, 0) is 14.8 Å². The zero-order chi connectivity index (χ0) is 14.2. The molecule has 2 aliphatic heterocycles. The van der Waals surface area contributed by atoms with E-state index in [1.807, 2.05) is 7.05 Å². The van der Waals surface area contributed by atoms with E-state index in [1.54, 1.807) is 12.1 Å². The fourth-order valence-electron chi connectivity index (χ4n) is 2.92. The lowest BCUT2D eigenvalue weighted by molar-refractivity contribution is -0.102. The lowest BCUT2D eigenvalue weighted by Gasteiger charge is -2.41. The summed E-state index contributed by atoms with van der Waals surface area (Å²) < 4.78 is 32.3. The number of hydrogen-bond acceptors (Lipinski definition) is 5. The largest absolute Gasteiger partial charge is 0.359 e. The Morgan fingerprint density at radius 2 is 2.00 bits per heavy atom. The summed E-state index contributed by atoms with van der Waals surface area (Å²) in [5.41, 5.74) is -0.268. The molecule has 1 spiro atoms. The Labute approximate surface area is 119 Å². The van der Waals surface area contributed by atoms with Gasteiger partial charge in [-0.2, -0.15) is 4.31 Å². The number of ether oxygens (including phenoxy) is 1. The molecule has 1 aromatic heterocycles. The molecular formula is C13H19N3O3S. The molecule has 20 heavy (non-hydrogen) atoms. The molecule has 3 heterocycles. The number of aromatic nitrogens is 1. The molecule has 2 fully saturated rings. The van der Waals surface area contributed by atoms with Crippen LogP contribution in [0, 0.1) is 0 Å². The van der Waals surface area contributed by atoms with Crippen LogP contribution in [-0.4, -0.2) is 61.6 Å². The molecule has 3 rings (SSSR count). The molecule has 2 aliphatic rings. The van der Waals surface area contributed by atoms with Crippen molar-refractivity contribution in [2.75, 3.05) is 33.3 Å². The predicted molar refractivity (Wildman–Crippen MR) is 73.5 cm³/mol. The van der Waals surface area contributed by atoms with Gasteiger partial charge in [0.05, 0.1) is 6.61 Å². The van der Waals surface area contributed by atoms with E-state index in [4.69, 9.17) is 4.74 Å². The van der Waals surface area contributed by atoms with E-state index in [-0.39, 0.29) is 10.8 Å². The van der Waals surface area contributed by atoms with Crippen LogP contribution in [0.25, 0.3) is 0 Å². The molecule has 0 bridgehead atoms. The first-order valence-electron chi connectivity index (χ1n) is 6.81. The van der Waals surface area contributed by atoms with Crippen molar-refractivity contribution in [2.24, 2.45) is 0 Å². The van der Waals surface area contributed by atoms with E-state index < -0.39 is 10.0 Å². The highest BCUT2D eigenvalue weighted by molar-refractivity contribution is 7.89. The van der Waals surface area contributed by atoms with E-state index in [2.05, 4.69) is 9.88 Å². The molecule has 0 saturated carbocycles. The maximum atomic E-state index is 12.5. The van der Waals surface area contributed by atoms with Crippen molar-refractivity contribution in [1.29, 1.82) is 0 Å². The fraction of sp³-hybridized carbons (Fsp3) is 0.615. The maximum Gasteiger partial charge on any atom is 0.260 e. The van der Waals surface area contributed by atoms with Gasteiger partial charge in [0.1, 0.15) is 5.72 Å². The number of pyridine rings is 1. The molecule has 0 N–H and O–H groups in total. The highest BCUT2D eigenvalue weighted by atomic mass is 32.2. The van der Waals surface area contributed by atoms with Gasteiger partial charge in [-0.25, -0.2) is 13.4 Å². The van der Waals surface area contributed by atoms with Crippen LogP contribution in [0.4, 0.5) is 0 Å². The summed E-state index contributed by atoms with van der Waals surface area (Å²) in [6.07, 6.45) is 2.91. The van der Waals surface area contributed by atoms with Crippen LogP contribution in [0.5, 0.6) is 0 Å². The fourth-order valence-corrected chi connectivity index (χ4v) is 4.29. The van der Waals surface area contributed by atoms with Crippen LogP contribution >= 0.6 is 0 Å². The molecule has 6 nitrogen and oxygen atoms in total. The van der Waals surface area contributed by atoms with E-state index in [9.17, 15) is 8.42 Å². The summed E-state index contributed by atoms with van der Waals surface area (Å²) in [5.74, 6) is 0. The molecule has 0 aromatic carbocycles. The quantitative estimate of drug-likeness (QED) is 0.796. The van der Waals surface area contributed by atoms with Gasteiger partial charge in [0, 0.05) is 38.7 Å². The molecule has 7 heteroatoms. The van der Waals surface area contributed by atoms with E-state index in [0.29, 0.717) is 25.9 Å². The Hall–Kier alpha value is -1.02. The molecule has 0 radical (unpaired) electrons. The summed E-state index contributed by atoms with van der Waals surface area (Å²) in [7, 11) is -1.44. The third kappa shape index (κ3) is 2.24. The Kier molecular flexibility index (Phi) is 3.53. The number of piperidine rings is 1. The van der Waals surface area contributed by atoms with Crippen molar-refractivity contribution in [3.63, 3.8) is 0 Å². The zero-order valence-electron chi connectivity index (χ0n) is 11.5. The van der Waals surface area contributed by atoms with Crippen molar-refractivity contribution < 1.29 is 13.2 Å². The molecule has 0 amide bonds. The van der Waals surface area contributed by atoms with E-state index in [1.165, 1.54) is 16.6 Å². The average Bonchev–Trinajstić information content (AvgIpc) is 2.81. The van der Waals surface area contributed by atoms with Crippen molar-refractivity contribution in [3.8, 4) is 0 Å². The number of nitrogens with zero attached hydrogens (tertiary/aromatic N) is 3. The van der Waals surface area contributed by atoms with Crippen molar-refractivity contribution in [2.45, 2.75) is 23.6 Å². The van der Waals surface area contributed by atoms with Crippen LogP contribution < -0.4 is 0 Å². The van der Waals surface area contributed by atoms with Gasteiger partial charge in [-0.05, 0) is 19.2 Å². The first-order chi connectivity index (χ1) is 9.55. The van der Waals surface area contributed by atoms with Gasteiger partial charge in [-0.1, -0.05) is 6.07 Å². The first-order valence-corrected chi connectivity index (χ1v) is 8.25. The Balaban J connectivity index is 1.75. The van der Waals surface area contributed by atoms with Crippen LogP contribution in [0.15, 0.2) is 29.4 Å². The lowest BCUT2D eigenvalue weighted by atomic mass is 10.0. The third-order valence-electron chi connectivity index (χ3n) is 4.24. The standard InChI is InChI=1S/C13H19N3O3S/c1-15-10-11-19-13(15)5-8-16(9-6-13)20(17,18)12-4-2-3-7-14-12/h2-4,7H,5-6,8-11H2,1H3. The molecule has 1 aromatic rings. The molecular weight excluding hydrogens is 278 g/mol. The molecule has 0 atom stereocenters. The van der Waals surface area contributed by atoms with Crippen LogP contribution in [0.1, 0.15) is 12.8 Å². The maximum absolute atomic E-state index is 12.5. The number of sulfonamides is 1. The summed E-state index contributed by atoms with van der Waals surface area (Å²) in [6, 6.07) is 4.95. The summed E-state index contributed by atoms with van der Waals surface area (Å²) in [6.45, 7) is 2.59. The number of rotatable bonds is 2. The van der Waals surface area contributed by atoms with Gasteiger partial charge in [-0.3, -0.25) is 4.90 Å². The molecule has 0 unspecified atom stereocenters. The third-order valence-corrected chi connectivity index (χ3v) is 6.05. The SMILES string of the molecule is CN1CCOC12CCN(S(=O)(=O)c1ccccn1)CC2. The average molecular weight is 297 g/mol. The highest BCUT2D eigenvalue weighted by Crippen LogP contribution is 2.34. The predicted octanol–water partition coefficient (Wildman–Crippen LogP) is 0.524. The Morgan fingerprint density at radius 3 is 2.55 bits per heavy atom. The monoisotopic (exact) mass is 297 g/mol. The van der Waals surface area contributed by atoms with Gasteiger partial charge >= 0.3 is 0 Å². The number of hydrogen-bond donors (Lipinski definition) is 0. The van der Waals surface area contributed by atoms with Crippen LogP contribution in [0.2, 0.25) is 0 Å². The summed E-state index contributed by atoms with van der Waals surface area (Å²) in [4.78, 5) is 6.15. The topological polar surface area (TPSA) is 62.7 Å². The molecule has 110 valence electrons. The summed E-state index contributed by atoms with van der Waals surface area (Å²) in [5, 5.41) is 0.122. The smallest absolute Gasteiger partial charge is 0.260 e. The van der Waals surface area contributed by atoms with Crippen LogP contribution in [0.3, 0.4) is 0 Å². The van der Waals surface area contributed by atoms with Crippen molar-refractivity contribution >= 4 is 10.0 Å².